The number of nitrogens with one attached hydrogen (secondary N) is 2. The van der Waals surface area contributed by atoms with Gasteiger partial charge in [-0.15, -0.1) is 0 Å². The van der Waals surface area contributed by atoms with E-state index in [9.17, 15) is 9.59 Å². The van der Waals surface area contributed by atoms with E-state index in [2.05, 4.69) is 49.6 Å². The van der Waals surface area contributed by atoms with Crippen molar-refractivity contribution in [2.75, 3.05) is 48.8 Å². The van der Waals surface area contributed by atoms with Crippen LogP contribution in [0.2, 0.25) is 0 Å². The molecule has 0 bridgehead atoms. The molecule has 2 aliphatic heterocycles. The molecule has 1 aromatic heterocycles. The van der Waals surface area contributed by atoms with Crippen LogP contribution in [0.3, 0.4) is 0 Å². The predicted octanol–water partition coefficient (Wildman–Crippen LogP) is 3.16. The predicted molar refractivity (Wildman–Crippen MR) is 139 cm³/mol. The van der Waals surface area contributed by atoms with Crippen molar-refractivity contribution in [3.05, 3.63) is 70.8 Å². The highest BCUT2D eigenvalue weighted by molar-refractivity contribution is 8.04. The molecule has 0 saturated carbocycles. The molecule has 2 amide bonds. The SMILES string of the molecule is CN1CCN(c2ccc(Nc3ncc4c(n3)S/C(=C\c3ccc(C(N)=O)cc3)C(=O)N4)cc2)CC1. The van der Waals surface area contributed by atoms with Gasteiger partial charge in [-0.25, -0.2) is 9.97 Å². The molecule has 4 N–H and O–H groups in total. The van der Waals surface area contributed by atoms with Crippen molar-refractivity contribution in [3.63, 3.8) is 0 Å². The van der Waals surface area contributed by atoms with Gasteiger partial charge in [0.05, 0.1) is 16.8 Å². The zero-order valence-corrected chi connectivity index (χ0v) is 20.0. The van der Waals surface area contributed by atoms with E-state index in [0.717, 1.165) is 37.4 Å². The summed E-state index contributed by atoms with van der Waals surface area (Å²) in [5.74, 6) is -0.274. The van der Waals surface area contributed by atoms with Gasteiger partial charge < -0.3 is 26.2 Å². The molecule has 2 aliphatic rings. The van der Waals surface area contributed by atoms with Gasteiger partial charge in [0.1, 0.15) is 5.03 Å². The first kappa shape index (κ1) is 22.9. The van der Waals surface area contributed by atoms with Crippen molar-refractivity contribution >= 4 is 52.7 Å². The van der Waals surface area contributed by atoms with Crippen LogP contribution < -0.4 is 21.3 Å². The highest BCUT2D eigenvalue weighted by Gasteiger charge is 2.23. The Labute approximate surface area is 207 Å². The van der Waals surface area contributed by atoms with Gasteiger partial charge in [-0.05, 0) is 55.1 Å². The van der Waals surface area contributed by atoms with Gasteiger partial charge in [-0.3, -0.25) is 9.59 Å². The molecule has 9 nitrogen and oxygen atoms in total. The van der Waals surface area contributed by atoms with E-state index in [-0.39, 0.29) is 5.91 Å². The van der Waals surface area contributed by atoms with Gasteiger partial charge in [0, 0.05) is 43.1 Å². The average Bonchev–Trinajstić information content (AvgIpc) is 2.86. The molecule has 5 rings (SSSR count). The number of primary amides is 1. The molecule has 3 heterocycles. The van der Waals surface area contributed by atoms with Crippen molar-refractivity contribution in [1.29, 1.82) is 0 Å². The summed E-state index contributed by atoms with van der Waals surface area (Å²) >= 11 is 1.27. The molecular weight excluding hydrogens is 462 g/mol. The first-order chi connectivity index (χ1) is 16.9. The van der Waals surface area contributed by atoms with Crippen LogP contribution >= 0.6 is 11.8 Å². The normalized spacial score (nSPS) is 17.1. The van der Waals surface area contributed by atoms with E-state index in [0.29, 0.717) is 27.1 Å². The second-order valence-corrected chi connectivity index (χ2v) is 9.46. The standard InChI is InChI=1S/C25H25N7O2S/c1-31-10-12-32(13-11-31)19-8-6-18(7-9-19)28-25-27-15-20-24(30-25)35-21(23(34)29-20)14-16-2-4-17(5-3-16)22(26)33/h2-9,14-15H,10-13H2,1H3,(H2,26,33)(H,29,34)(H,27,28,30)/b21-14-. The molecule has 1 fully saturated rings. The first-order valence-electron chi connectivity index (χ1n) is 11.2. The lowest BCUT2D eigenvalue weighted by atomic mass is 10.1. The Kier molecular flexibility index (Phi) is 6.39. The van der Waals surface area contributed by atoms with E-state index < -0.39 is 5.91 Å². The quantitative estimate of drug-likeness (QED) is 0.371. The number of rotatable bonds is 5. The Morgan fingerprint density at radius 2 is 1.80 bits per heavy atom. The smallest absolute Gasteiger partial charge is 0.262 e. The molecule has 0 radical (unpaired) electrons. The maximum Gasteiger partial charge on any atom is 0.262 e. The zero-order valence-electron chi connectivity index (χ0n) is 19.2. The zero-order chi connectivity index (χ0) is 24.4. The number of anilines is 4. The minimum atomic E-state index is -0.492. The molecule has 0 spiro atoms. The number of benzene rings is 2. The molecule has 35 heavy (non-hydrogen) atoms. The fourth-order valence-corrected chi connectivity index (χ4v) is 4.76. The van der Waals surface area contributed by atoms with Crippen LogP contribution in [0.15, 0.2) is 64.7 Å². The summed E-state index contributed by atoms with van der Waals surface area (Å²) in [5.41, 5.74) is 9.14. The summed E-state index contributed by atoms with van der Waals surface area (Å²) in [5, 5.41) is 6.73. The molecule has 0 aliphatic carbocycles. The van der Waals surface area contributed by atoms with E-state index in [4.69, 9.17) is 5.73 Å². The fraction of sp³-hybridized carbons (Fsp3) is 0.200. The third-order valence-corrected chi connectivity index (χ3v) is 6.94. The number of fused-ring (bicyclic) bond motifs is 1. The number of nitrogens with zero attached hydrogens (tertiary/aromatic N) is 4. The van der Waals surface area contributed by atoms with Crippen LogP contribution in [0.4, 0.5) is 23.0 Å². The number of likely N-dealkylation sites (N-methyl/N-ethyl adjacent to an activating group) is 1. The monoisotopic (exact) mass is 487 g/mol. The molecule has 178 valence electrons. The lowest BCUT2D eigenvalue weighted by Crippen LogP contribution is -2.44. The second kappa shape index (κ2) is 9.77. The van der Waals surface area contributed by atoms with Gasteiger partial charge in [-0.1, -0.05) is 23.9 Å². The van der Waals surface area contributed by atoms with Gasteiger partial charge in [0.15, 0.2) is 0 Å². The number of carbonyl (C=O) groups is 2. The van der Waals surface area contributed by atoms with E-state index in [1.807, 2.05) is 12.1 Å². The van der Waals surface area contributed by atoms with Crippen LogP contribution in [0.1, 0.15) is 15.9 Å². The number of hydrogen-bond acceptors (Lipinski definition) is 8. The van der Waals surface area contributed by atoms with Crippen molar-refractivity contribution < 1.29 is 9.59 Å². The molecule has 0 unspecified atom stereocenters. The van der Waals surface area contributed by atoms with Crippen LogP contribution in [0.25, 0.3) is 6.08 Å². The van der Waals surface area contributed by atoms with E-state index in [1.165, 1.54) is 17.4 Å². The summed E-state index contributed by atoms with van der Waals surface area (Å²) in [4.78, 5) is 38.0. The average molecular weight is 488 g/mol. The highest BCUT2D eigenvalue weighted by Crippen LogP contribution is 2.38. The van der Waals surface area contributed by atoms with Crippen molar-refractivity contribution in [2.45, 2.75) is 5.03 Å². The Hall–Kier alpha value is -3.89. The van der Waals surface area contributed by atoms with Gasteiger partial charge in [0.25, 0.3) is 5.91 Å². The van der Waals surface area contributed by atoms with Crippen LogP contribution in [0.5, 0.6) is 0 Å². The van der Waals surface area contributed by atoms with Gasteiger partial charge in [0.2, 0.25) is 11.9 Å². The Morgan fingerprint density at radius 3 is 2.49 bits per heavy atom. The summed E-state index contributed by atoms with van der Waals surface area (Å²) in [6.07, 6.45) is 3.35. The van der Waals surface area contributed by atoms with Crippen LogP contribution in [0, 0.1) is 0 Å². The van der Waals surface area contributed by atoms with Crippen LogP contribution in [-0.4, -0.2) is 59.9 Å². The summed E-state index contributed by atoms with van der Waals surface area (Å²) in [6, 6.07) is 15.0. The number of hydrogen-bond donors (Lipinski definition) is 3. The minimum Gasteiger partial charge on any atom is -0.369 e. The molecular formula is C25H25N7O2S. The largest absolute Gasteiger partial charge is 0.369 e. The van der Waals surface area contributed by atoms with Crippen molar-refractivity contribution in [2.24, 2.45) is 5.73 Å². The summed E-state index contributed by atoms with van der Waals surface area (Å²) in [6.45, 7) is 4.16. The minimum absolute atomic E-state index is 0.231. The van der Waals surface area contributed by atoms with Crippen LogP contribution in [-0.2, 0) is 4.79 Å². The third-order valence-electron chi connectivity index (χ3n) is 5.92. The molecule has 0 atom stereocenters. The molecule has 1 saturated heterocycles. The number of piperazine rings is 1. The van der Waals surface area contributed by atoms with E-state index in [1.54, 1.807) is 36.5 Å². The Bertz CT molecular complexity index is 1280. The lowest BCUT2D eigenvalue weighted by molar-refractivity contribution is -0.112. The third kappa shape index (κ3) is 5.28. The topological polar surface area (TPSA) is 116 Å². The Balaban J connectivity index is 1.29. The number of thioether (sulfide) groups is 1. The number of carbonyl (C=O) groups excluding carboxylic acids is 2. The number of amides is 2. The van der Waals surface area contributed by atoms with Crippen molar-refractivity contribution in [3.8, 4) is 0 Å². The number of nitrogens with two attached hydrogens (primary N) is 1. The maximum atomic E-state index is 12.5. The van der Waals surface area contributed by atoms with Gasteiger partial charge in [-0.2, -0.15) is 0 Å². The second-order valence-electron chi connectivity index (χ2n) is 8.43. The summed E-state index contributed by atoms with van der Waals surface area (Å²) < 4.78 is 0. The molecule has 2 aromatic carbocycles. The van der Waals surface area contributed by atoms with Crippen molar-refractivity contribution in [1.82, 2.24) is 14.9 Å². The lowest BCUT2D eigenvalue weighted by Gasteiger charge is -2.34. The highest BCUT2D eigenvalue weighted by atomic mass is 32.2. The first-order valence-corrected chi connectivity index (χ1v) is 12.0. The van der Waals surface area contributed by atoms with Gasteiger partial charge >= 0.3 is 0 Å². The fourth-order valence-electron chi connectivity index (χ4n) is 3.86. The molecule has 10 heteroatoms. The maximum absolute atomic E-state index is 12.5. The molecule has 3 aromatic rings. The Morgan fingerprint density at radius 1 is 1.09 bits per heavy atom. The van der Waals surface area contributed by atoms with E-state index >= 15 is 0 Å². The summed E-state index contributed by atoms with van der Waals surface area (Å²) in [7, 11) is 2.15. The number of aromatic nitrogens is 2.